The van der Waals surface area contributed by atoms with Gasteiger partial charge in [0.1, 0.15) is 11.5 Å². The van der Waals surface area contributed by atoms with Crippen molar-refractivity contribution >= 4 is 8.53 Å². The van der Waals surface area contributed by atoms with E-state index in [1.54, 1.807) is 0 Å². The van der Waals surface area contributed by atoms with E-state index in [1.165, 1.54) is 0 Å². The molecule has 3 aliphatic heterocycles. The number of ether oxygens (including phenoxy) is 2. The van der Waals surface area contributed by atoms with Crippen molar-refractivity contribution in [2.75, 3.05) is 14.1 Å². The lowest BCUT2D eigenvalue weighted by Crippen LogP contribution is -2.30. The molecule has 3 aliphatic rings. The van der Waals surface area contributed by atoms with Gasteiger partial charge in [-0.1, -0.05) is 38.1 Å². The SMILES string of the molecule is CC[C@@H]1OC23O[C@@H](CC)c4cccc(c42)OP(N(C)C)Oc2cccc1c23. The number of hydrogen-bond donors (Lipinski definition) is 0. The Bertz CT molecular complexity index is 830. The third kappa shape index (κ3) is 2.32. The van der Waals surface area contributed by atoms with E-state index in [0.717, 1.165) is 46.6 Å². The predicted octanol–water partition coefficient (Wildman–Crippen LogP) is 5.41. The molecule has 0 aliphatic carbocycles. The van der Waals surface area contributed by atoms with Crippen LogP contribution in [0.25, 0.3) is 0 Å². The number of hydrogen-bond acceptors (Lipinski definition) is 5. The largest absolute Gasteiger partial charge is 0.426 e. The maximum absolute atomic E-state index is 6.65. The van der Waals surface area contributed by atoms with Crippen molar-refractivity contribution in [2.24, 2.45) is 0 Å². The second kappa shape index (κ2) is 6.18. The van der Waals surface area contributed by atoms with Crippen molar-refractivity contribution in [3.63, 3.8) is 0 Å². The molecular formula is C21H24NO4P. The van der Waals surface area contributed by atoms with Crippen LogP contribution in [0.4, 0.5) is 0 Å². The van der Waals surface area contributed by atoms with Gasteiger partial charge in [-0.2, -0.15) is 0 Å². The molecule has 1 spiro atoms. The molecule has 0 fully saturated rings. The minimum Gasteiger partial charge on any atom is -0.426 e. The van der Waals surface area contributed by atoms with Crippen molar-refractivity contribution in [3.05, 3.63) is 58.7 Å². The molecule has 0 saturated heterocycles. The average molecular weight is 385 g/mol. The maximum Gasteiger partial charge on any atom is 0.384 e. The minimum absolute atomic E-state index is 0.0243. The molecule has 5 rings (SSSR count). The highest BCUT2D eigenvalue weighted by Gasteiger charge is 2.58. The maximum atomic E-state index is 6.65. The van der Waals surface area contributed by atoms with E-state index in [9.17, 15) is 0 Å². The molecule has 0 amide bonds. The smallest absolute Gasteiger partial charge is 0.384 e. The highest BCUT2D eigenvalue weighted by molar-refractivity contribution is 7.45. The second-order valence-corrected chi connectivity index (χ2v) is 9.00. The minimum atomic E-state index is -1.27. The third-order valence-electron chi connectivity index (χ3n) is 5.51. The lowest BCUT2D eigenvalue weighted by Gasteiger charge is -2.33. The van der Waals surface area contributed by atoms with E-state index in [0.29, 0.717) is 0 Å². The van der Waals surface area contributed by atoms with Gasteiger partial charge in [0.25, 0.3) is 0 Å². The standard InChI is InChI=1S/C21H24NO4P/c1-5-15-13-9-7-11-17-19(13)21(23-15)20-14(16(6-2)24-21)10-8-12-18(20)26-27(25-17)22(3)4/h7-12,15-16H,5-6H2,1-4H3/t15-,16-,21?/m0/s1. The monoisotopic (exact) mass is 385 g/mol. The van der Waals surface area contributed by atoms with Crippen LogP contribution in [0.5, 0.6) is 11.5 Å². The highest BCUT2D eigenvalue weighted by Crippen LogP contribution is 2.64. The van der Waals surface area contributed by atoms with Gasteiger partial charge < -0.3 is 18.5 Å². The number of nitrogens with zero attached hydrogens (tertiary/aromatic N) is 1. The summed E-state index contributed by atoms with van der Waals surface area (Å²) in [6, 6.07) is 12.3. The average Bonchev–Trinajstić information content (AvgIpc) is 3.16. The Labute approximate surface area is 161 Å². The second-order valence-electron chi connectivity index (χ2n) is 7.35. The van der Waals surface area contributed by atoms with Crippen molar-refractivity contribution < 1.29 is 18.5 Å². The summed E-state index contributed by atoms with van der Waals surface area (Å²) in [4.78, 5) is 0. The van der Waals surface area contributed by atoms with Gasteiger partial charge in [-0.05, 0) is 50.2 Å². The first kappa shape index (κ1) is 17.4. The Balaban J connectivity index is 1.83. The molecule has 6 heteroatoms. The Kier molecular flexibility index (Phi) is 3.99. The quantitative estimate of drug-likeness (QED) is 0.661. The van der Waals surface area contributed by atoms with Crippen LogP contribution < -0.4 is 9.05 Å². The van der Waals surface area contributed by atoms with E-state index in [-0.39, 0.29) is 12.2 Å². The Morgan fingerprint density at radius 1 is 0.852 bits per heavy atom. The normalized spacial score (nSPS) is 24.6. The van der Waals surface area contributed by atoms with Crippen molar-refractivity contribution in [3.8, 4) is 11.5 Å². The topological polar surface area (TPSA) is 40.2 Å². The molecule has 142 valence electrons. The van der Waals surface area contributed by atoms with Gasteiger partial charge in [0, 0.05) is 0 Å². The molecule has 0 saturated carbocycles. The van der Waals surface area contributed by atoms with Crippen molar-refractivity contribution in [2.45, 2.75) is 44.7 Å². The Morgan fingerprint density at radius 2 is 1.33 bits per heavy atom. The molecular weight excluding hydrogens is 361 g/mol. The summed E-state index contributed by atoms with van der Waals surface area (Å²) in [7, 11) is 2.68. The van der Waals surface area contributed by atoms with Crippen LogP contribution in [0.15, 0.2) is 36.4 Å². The van der Waals surface area contributed by atoms with Crippen LogP contribution in [0.2, 0.25) is 0 Å². The lowest BCUT2D eigenvalue weighted by atomic mass is 9.90. The molecule has 0 unspecified atom stereocenters. The highest BCUT2D eigenvalue weighted by atomic mass is 31.2. The van der Waals surface area contributed by atoms with Crippen LogP contribution >= 0.6 is 8.53 Å². The van der Waals surface area contributed by atoms with E-state index >= 15 is 0 Å². The number of rotatable bonds is 3. The fourth-order valence-electron chi connectivity index (χ4n) is 4.36. The van der Waals surface area contributed by atoms with Crippen molar-refractivity contribution in [1.29, 1.82) is 0 Å². The molecule has 5 nitrogen and oxygen atoms in total. The van der Waals surface area contributed by atoms with Crippen LogP contribution in [0, 0.1) is 0 Å². The zero-order chi connectivity index (χ0) is 18.8. The molecule has 0 aromatic heterocycles. The first-order valence-electron chi connectivity index (χ1n) is 9.54. The fraction of sp³-hybridized carbons (Fsp3) is 0.429. The van der Waals surface area contributed by atoms with E-state index in [1.807, 2.05) is 43.0 Å². The van der Waals surface area contributed by atoms with Gasteiger partial charge in [-0.15, -0.1) is 0 Å². The van der Waals surface area contributed by atoms with Gasteiger partial charge in [-0.3, -0.25) is 0 Å². The molecule has 3 heterocycles. The van der Waals surface area contributed by atoms with Gasteiger partial charge in [0.2, 0.25) is 5.79 Å². The van der Waals surface area contributed by atoms with E-state index in [2.05, 4.69) is 26.0 Å². The summed E-state index contributed by atoms with van der Waals surface area (Å²) >= 11 is 0. The molecule has 0 radical (unpaired) electrons. The van der Waals surface area contributed by atoms with Gasteiger partial charge in [-0.25, -0.2) is 4.67 Å². The van der Waals surface area contributed by atoms with Crippen LogP contribution in [0.1, 0.15) is 61.2 Å². The van der Waals surface area contributed by atoms with Crippen LogP contribution in [0.3, 0.4) is 0 Å². The summed E-state index contributed by atoms with van der Waals surface area (Å²) < 4.78 is 28.0. The van der Waals surface area contributed by atoms with Gasteiger partial charge in [0.05, 0.1) is 23.3 Å². The van der Waals surface area contributed by atoms with E-state index in [4.69, 9.17) is 18.5 Å². The molecule has 0 N–H and O–H groups in total. The lowest BCUT2D eigenvalue weighted by molar-refractivity contribution is -0.236. The summed E-state index contributed by atoms with van der Waals surface area (Å²) in [5, 5.41) is 0. The fourth-order valence-corrected chi connectivity index (χ4v) is 5.37. The summed E-state index contributed by atoms with van der Waals surface area (Å²) in [6.07, 6.45) is 1.70. The van der Waals surface area contributed by atoms with Crippen LogP contribution in [-0.4, -0.2) is 18.8 Å². The summed E-state index contributed by atoms with van der Waals surface area (Å²) in [5.41, 5.74) is 4.34. The Morgan fingerprint density at radius 3 is 1.74 bits per heavy atom. The third-order valence-corrected chi connectivity index (χ3v) is 6.87. The predicted molar refractivity (Wildman–Crippen MR) is 104 cm³/mol. The molecule has 2 atom stereocenters. The van der Waals surface area contributed by atoms with Crippen molar-refractivity contribution in [1.82, 2.24) is 4.67 Å². The number of benzene rings is 2. The van der Waals surface area contributed by atoms with Gasteiger partial charge >= 0.3 is 8.53 Å². The summed E-state index contributed by atoms with van der Waals surface area (Å²) in [5.74, 6) is 0.633. The van der Waals surface area contributed by atoms with E-state index < -0.39 is 14.3 Å². The molecule has 2 aromatic carbocycles. The zero-order valence-electron chi connectivity index (χ0n) is 16.1. The molecule has 27 heavy (non-hydrogen) atoms. The first-order valence-corrected chi connectivity index (χ1v) is 10.7. The van der Waals surface area contributed by atoms with Gasteiger partial charge in [0.15, 0.2) is 0 Å². The summed E-state index contributed by atoms with van der Waals surface area (Å²) in [6.45, 7) is 4.28. The zero-order valence-corrected chi connectivity index (χ0v) is 17.0. The molecule has 2 aromatic rings. The Hall–Kier alpha value is -1.65. The molecule has 0 bridgehead atoms. The van der Waals surface area contributed by atoms with Crippen LogP contribution in [-0.2, 0) is 15.3 Å². The first-order chi connectivity index (χ1) is 13.1.